The van der Waals surface area contributed by atoms with Crippen LogP contribution in [0.25, 0.3) is 0 Å². The van der Waals surface area contributed by atoms with E-state index in [1.165, 1.54) is 32.0 Å². The Balaban J connectivity index is 1.68. The van der Waals surface area contributed by atoms with Gasteiger partial charge >= 0.3 is 0 Å². The summed E-state index contributed by atoms with van der Waals surface area (Å²) in [6.07, 6.45) is 2.52. The summed E-state index contributed by atoms with van der Waals surface area (Å²) in [5.41, 5.74) is 2.06. The van der Waals surface area contributed by atoms with Crippen molar-refractivity contribution in [1.82, 2.24) is 4.31 Å². The standard InChI is InChI=1S/C24H28N4O5S/c1-16(29)17-7-6-8-18(13-17)25-23(30)15-28-22-14-19(34(32,33)26(2)3)10-11-20(22)27-12-5-4-9-21(27)24(28)31/h6-8,10-11,13-14,21H,4-5,9,12,15H2,1-3H3,(H,25,30). The molecule has 0 bridgehead atoms. The number of sulfonamides is 1. The summed E-state index contributed by atoms with van der Waals surface area (Å²) in [5.74, 6) is -0.785. The van der Waals surface area contributed by atoms with E-state index in [0.29, 0.717) is 29.9 Å². The summed E-state index contributed by atoms with van der Waals surface area (Å²) in [5, 5.41) is 2.75. The number of hydrogen-bond acceptors (Lipinski definition) is 6. The number of anilines is 3. The van der Waals surface area contributed by atoms with Gasteiger partial charge in [0.05, 0.1) is 16.3 Å². The van der Waals surface area contributed by atoms with E-state index in [2.05, 4.69) is 5.32 Å². The first kappa shape index (κ1) is 23.9. The number of nitrogens with zero attached hydrogens (tertiary/aromatic N) is 3. The van der Waals surface area contributed by atoms with Crippen molar-refractivity contribution in [3.05, 3.63) is 48.0 Å². The molecule has 1 unspecified atom stereocenters. The minimum absolute atomic E-state index is 0.0547. The molecule has 4 rings (SSSR count). The fraction of sp³-hybridized carbons (Fsp3) is 0.375. The Bertz CT molecular complexity index is 1260. The predicted octanol–water partition coefficient (Wildman–Crippen LogP) is 2.48. The molecule has 1 N–H and O–H groups in total. The molecule has 1 saturated heterocycles. The van der Waals surface area contributed by atoms with Crippen molar-refractivity contribution in [2.75, 3.05) is 42.3 Å². The summed E-state index contributed by atoms with van der Waals surface area (Å²) in [7, 11) is -0.835. The van der Waals surface area contributed by atoms with Gasteiger partial charge < -0.3 is 10.2 Å². The third kappa shape index (κ3) is 4.43. The molecule has 0 saturated carbocycles. The number of ketones is 1. The van der Waals surface area contributed by atoms with E-state index >= 15 is 0 Å². The van der Waals surface area contributed by atoms with Crippen LogP contribution in [-0.4, -0.2) is 63.5 Å². The van der Waals surface area contributed by atoms with Gasteiger partial charge in [-0.2, -0.15) is 0 Å². The van der Waals surface area contributed by atoms with Crippen molar-refractivity contribution in [2.45, 2.75) is 37.1 Å². The Morgan fingerprint density at radius 3 is 2.56 bits per heavy atom. The number of benzene rings is 2. The number of fused-ring (bicyclic) bond motifs is 3. The van der Waals surface area contributed by atoms with Crippen molar-refractivity contribution in [1.29, 1.82) is 0 Å². The van der Waals surface area contributed by atoms with Gasteiger partial charge in [0.2, 0.25) is 21.8 Å². The Hall–Kier alpha value is -3.24. The van der Waals surface area contributed by atoms with E-state index in [9.17, 15) is 22.8 Å². The zero-order valence-electron chi connectivity index (χ0n) is 19.4. The number of rotatable bonds is 6. The van der Waals surface area contributed by atoms with Crippen LogP contribution in [0.1, 0.15) is 36.5 Å². The molecule has 2 heterocycles. The van der Waals surface area contributed by atoms with Gasteiger partial charge in [0.25, 0.3) is 0 Å². The van der Waals surface area contributed by atoms with Crippen molar-refractivity contribution in [3.8, 4) is 0 Å². The van der Waals surface area contributed by atoms with Gasteiger partial charge in [-0.1, -0.05) is 12.1 Å². The van der Waals surface area contributed by atoms with E-state index < -0.39 is 15.9 Å². The largest absolute Gasteiger partial charge is 0.358 e. The number of carbonyl (C=O) groups is 3. The fourth-order valence-electron chi connectivity index (χ4n) is 4.43. The third-order valence-corrected chi connectivity index (χ3v) is 8.05. The van der Waals surface area contributed by atoms with Gasteiger partial charge in [0, 0.05) is 31.9 Å². The lowest BCUT2D eigenvalue weighted by molar-refractivity contribution is -0.123. The van der Waals surface area contributed by atoms with Gasteiger partial charge in [0.15, 0.2) is 5.78 Å². The van der Waals surface area contributed by atoms with Crippen molar-refractivity contribution in [2.24, 2.45) is 0 Å². The average molecular weight is 485 g/mol. The average Bonchev–Trinajstić information content (AvgIpc) is 2.81. The minimum Gasteiger partial charge on any atom is -0.358 e. The van der Waals surface area contributed by atoms with Crippen LogP contribution in [0, 0.1) is 0 Å². The molecule has 0 aromatic heterocycles. The summed E-state index contributed by atoms with van der Waals surface area (Å²) >= 11 is 0. The molecule has 10 heteroatoms. The van der Waals surface area contributed by atoms with Gasteiger partial charge in [0.1, 0.15) is 12.6 Å². The molecule has 0 radical (unpaired) electrons. The SMILES string of the molecule is CC(=O)c1cccc(NC(=O)CN2C(=O)C3CCCCN3c3ccc(S(=O)(=O)N(C)C)cc32)c1. The Labute approximate surface area is 199 Å². The second kappa shape index (κ2) is 9.19. The molecule has 34 heavy (non-hydrogen) atoms. The van der Waals surface area contributed by atoms with Gasteiger partial charge in [-0.15, -0.1) is 0 Å². The highest BCUT2D eigenvalue weighted by molar-refractivity contribution is 7.89. The first-order chi connectivity index (χ1) is 16.1. The Morgan fingerprint density at radius 2 is 1.85 bits per heavy atom. The lowest BCUT2D eigenvalue weighted by Gasteiger charge is -2.45. The lowest BCUT2D eigenvalue weighted by Crippen LogP contribution is -2.56. The summed E-state index contributed by atoms with van der Waals surface area (Å²) in [4.78, 5) is 41.5. The summed E-state index contributed by atoms with van der Waals surface area (Å²) in [6, 6.07) is 10.9. The minimum atomic E-state index is -3.73. The molecule has 9 nitrogen and oxygen atoms in total. The van der Waals surface area contributed by atoms with Crippen LogP contribution in [0.2, 0.25) is 0 Å². The molecule has 2 aliphatic rings. The molecule has 2 aliphatic heterocycles. The number of carbonyl (C=O) groups excluding carboxylic acids is 3. The second-order valence-electron chi connectivity index (χ2n) is 8.75. The first-order valence-electron chi connectivity index (χ1n) is 11.1. The molecule has 2 aromatic rings. The number of piperidine rings is 1. The number of amides is 2. The quantitative estimate of drug-likeness (QED) is 0.632. The van der Waals surface area contributed by atoms with Crippen LogP contribution in [0.5, 0.6) is 0 Å². The highest BCUT2D eigenvalue weighted by Gasteiger charge is 2.40. The maximum Gasteiger partial charge on any atom is 0.250 e. The lowest BCUT2D eigenvalue weighted by atomic mass is 9.96. The Morgan fingerprint density at radius 1 is 1.09 bits per heavy atom. The maximum atomic E-state index is 13.4. The molecule has 0 spiro atoms. The molecule has 2 aromatic carbocycles. The van der Waals surface area contributed by atoms with Crippen molar-refractivity contribution in [3.63, 3.8) is 0 Å². The Kier molecular flexibility index (Phi) is 6.46. The van der Waals surface area contributed by atoms with Crippen LogP contribution >= 0.6 is 0 Å². The molecular weight excluding hydrogens is 456 g/mol. The molecular formula is C24H28N4O5S. The van der Waals surface area contributed by atoms with Crippen LogP contribution in [0.4, 0.5) is 17.1 Å². The van der Waals surface area contributed by atoms with Crippen molar-refractivity contribution < 1.29 is 22.8 Å². The van der Waals surface area contributed by atoms with Crippen LogP contribution in [-0.2, 0) is 19.6 Å². The third-order valence-electron chi connectivity index (χ3n) is 6.23. The smallest absolute Gasteiger partial charge is 0.250 e. The molecule has 1 atom stereocenters. The van der Waals surface area contributed by atoms with Gasteiger partial charge in [-0.05, 0) is 56.5 Å². The van der Waals surface area contributed by atoms with E-state index in [0.717, 1.165) is 22.8 Å². The maximum absolute atomic E-state index is 13.4. The first-order valence-corrected chi connectivity index (χ1v) is 12.6. The van der Waals surface area contributed by atoms with Gasteiger partial charge in [-0.25, -0.2) is 12.7 Å². The highest BCUT2D eigenvalue weighted by Crippen LogP contribution is 2.40. The zero-order valence-corrected chi connectivity index (χ0v) is 20.3. The highest BCUT2D eigenvalue weighted by atomic mass is 32.2. The number of nitrogens with one attached hydrogen (secondary N) is 1. The molecule has 2 amide bonds. The summed E-state index contributed by atoms with van der Waals surface area (Å²) < 4.78 is 26.6. The second-order valence-corrected chi connectivity index (χ2v) is 10.9. The van der Waals surface area contributed by atoms with E-state index in [1.807, 2.05) is 4.90 Å². The zero-order chi connectivity index (χ0) is 24.6. The normalized spacial score (nSPS) is 17.9. The monoisotopic (exact) mass is 484 g/mol. The molecule has 1 fully saturated rings. The number of Topliss-reactive ketones (excluding diaryl/α,β-unsaturated/α-hetero) is 1. The molecule has 180 valence electrons. The number of hydrogen-bond donors (Lipinski definition) is 1. The van der Waals surface area contributed by atoms with E-state index in [-0.39, 0.29) is 29.2 Å². The predicted molar refractivity (Wildman–Crippen MR) is 130 cm³/mol. The van der Waals surface area contributed by atoms with E-state index in [4.69, 9.17) is 0 Å². The van der Waals surface area contributed by atoms with Crippen LogP contribution in [0.15, 0.2) is 47.4 Å². The van der Waals surface area contributed by atoms with Crippen molar-refractivity contribution >= 4 is 44.7 Å². The molecule has 0 aliphatic carbocycles. The van der Waals surface area contributed by atoms with Gasteiger partial charge in [-0.3, -0.25) is 19.3 Å². The van der Waals surface area contributed by atoms with Crippen LogP contribution in [0.3, 0.4) is 0 Å². The fourth-order valence-corrected chi connectivity index (χ4v) is 5.35. The van der Waals surface area contributed by atoms with Crippen LogP contribution < -0.4 is 15.1 Å². The van der Waals surface area contributed by atoms with E-state index in [1.54, 1.807) is 36.4 Å². The summed E-state index contributed by atoms with van der Waals surface area (Å²) in [6.45, 7) is 1.87. The topological polar surface area (TPSA) is 107 Å².